The van der Waals surface area contributed by atoms with Crippen LogP contribution in [-0.2, 0) is 15.1 Å². The van der Waals surface area contributed by atoms with Crippen molar-refractivity contribution < 1.29 is 19.0 Å². The minimum atomic E-state index is -0.897. The molecule has 5 nitrogen and oxygen atoms in total. The molecule has 1 aliphatic rings. The second-order valence-electron chi connectivity index (χ2n) is 4.45. The molecule has 5 heteroatoms. The molecule has 1 heterocycles. The van der Waals surface area contributed by atoms with Crippen molar-refractivity contribution in [3.63, 3.8) is 0 Å². The van der Waals surface area contributed by atoms with E-state index < -0.39 is 5.54 Å². The van der Waals surface area contributed by atoms with Gasteiger partial charge in [0.1, 0.15) is 18.8 Å². The predicted octanol–water partition coefficient (Wildman–Crippen LogP) is 1.46. The van der Waals surface area contributed by atoms with Crippen LogP contribution in [0.4, 0.5) is 0 Å². The Morgan fingerprint density at radius 3 is 2.68 bits per heavy atom. The van der Waals surface area contributed by atoms with Crippen LogP contribution in [0.3, 0.4) is 0 Å². The summed E-state index contributed by atoms with van der Waals surface area (Å²) in [5.74, 6) is 1.06. The normalized spacial score (nSPS) is 16.6. The van der Waals surface area contributed by atoms with E-state index in [1.807, 2.05) is 18.2 Å². The molecule has 0 bridgehead atoms. The molecule has 1 atom stereocenters. The zero-order valence-electron chi connectivity index (χ0n) is 11.5. The smallest absolute Gasteiger partial charge is 0.330 e. The van der Waals surface area contributed by atoms with Gasteiger partial charge in [-0.25, -0.2) is 4.79 Å². The van der Waals surface area contributed by atoms with E-state index in [1.54, 1.807) is 20.9 Å². The van der Waals surface area contributed by atoms with Gasteiger partial charge in [0, 0.05) is 0 Å². The predicted molar refractivity (Wildman–Crippen MR) is 70.5 cm³/mol. The molecule has 1 aliphatic heterocycles. The lowest BCUT2D eigenvalue weighted by molar-refractivity contribution is -0.150. The number of benzene rings is 1. The number of carbonyl (C=O) groups excluding carboxylic acids is 1. The van der Waals surface area contributed by atoms with Crippen LogP contribution in [0.1, 0.15) is 19.4 Å². The summed E-state index contributed by atoms with van der Waals surface area (Å²) in [6.07, 6.45) is 0. The van der Waals surface area contributed by atoms with Crippen LogP contribution in [0.15, 0.2) is 18.2 Å². The van der Waals surface area contributed by atoms with Gasteiger partial charge in [-0.3, -0.25) is 0 Å². The van der Waals surface area contributed by atoms with Gasteiger partial charge in [-0.1, -0.05) is 6.07 Å². The molecule has 0 saturated heterocycles. The van der Waals surface area contributed by atoms with E-state index in [0.29, 0.717) is 31.3 Å². The van der Waals surface area contributed by atoms with Crippen LogP contribution in [0, 0.1) is 0 Å². The lowest BCUT2D eigenvalue weighted by Crippen LogP contribution is -2.45. The van der Waals surface area contributed by atoms with E-state index in [0.717, 1.165) is 5.56 Å². The first-order chi connectivity index (χ1) is 9.11. The molecule has 1 aromatic carbocycles. The van der Waals surface area contributed by atoms with Crippen molar-refractivity contribution in [3.8, 4) is 11.5 Å². The molecule has 0 aliphatic carbocycles. The number of esters is 1. The Labute approximate surface area is 112 Å². The van der Waals surface area contributed by atoms with Crippen LogP contribution >= 0.6 is 0 Å². The highest BCUT2D eigenvalue weighted by atomic mass is 16.6. The van der Waals surface area contributed by atoms with Gasteiger partial charge in [-0.2, -0.15) is 0 Å². The van der Waals surface area contributed by atoms with Gasteiger partial charge in [0.15, 0.2) is 11.5 Å². The second kappa shape index (κ2) is 5.48. The van der Waals surface area contributed by atoms with E-state index in [-0.39, 0.29) is 5.97 Å². The van der Waals surface area contributed by atoms with Crippen LogP contribution in [-0.4, -0.2) is 32.8 Å². The summed E-state index contributed by atoms with van der Waals surface area (Å²) >= 11 is 0. The molecule has 104 valence electrons. The Bertz CT molecular complexity index is 475. The first-order valence-corrected chi connectivity index (χ1v) is 6.38. The lowest BCUT2D eigenvalue weighted by atomic mass is 9.92. The molecule has 0 radical (unpaired) electrons. The Morgan fingerprint density at radius 2 is 2.05 bits per heavy atom. The average molecular weight is 265 g/mol. The van der Waals surface area contributed by atoms with Crippen molar-refractivity contribution >= 4 is 5.97 Å². The largest absolute Gasteiger partial charge is 0.486 e. The number of hydrogen-bond acceptors (Lipinski definition) is 5. The molecule has 19 heavy (non-hydrogen) atoms. The Morgan fingerprint density at radius 1 is 1.37 bits per heavy atom. The van der Waals surface area contributed by atoms with E-state index in [2.05, 4.69) is 5.32 Å². The van der Waals surface area contributed by atoms with E-state index in [9.17, 15) is 4.79 Å². The monoisotopic (exact) mass is 265 g/mol. The molecule has 0 aromatic heterocycles. The summed E-state index contributed by atoms with van der Waals surface area (Å²) in [5, 5.41) is 3.02. The minimum Gasteiger partial charge on any atom is -0.486 e. The summed E-state index contributed by atoms with van der Waals surface area (Å²) in [6, 6.07) is 5.49. The first kappa shape index (κ1) is 13.7. The maximum Gasteiger partial charge on any atom is 0.330 e. The zero-order chi connectivity index (χ0) is 13.9. The number of hydrogen-bond donors (Lipinski definition) is 1. The third kappa shape index (κ3) is 2.51. The Balaban J connectivity index is 2.35. The minimum absolute atomic E-state index is 0.311. The van der Waals surface area contributed by atoms with Crippen molar-refractivity contribution in [3.05, 3.63) is 23.8 Å². The fourth-order valence-electron chi connectivity index (χ4n) is 1.99. The third-order valence-electron chi connectivity index (χ3n) is 3.30. The van der Waals surface area contributed by atoms with E-state index >= 15 is 0 Å². The third-order valence-corrected chi connectivity index (χ3v) is 3.30. The van der Waals surface area contributed by atoms with Gasteiger partial charge in [0.05, 0.1) is 6.61 Å². The molecule has 1 aromatic rings. The lowest BCUT2D eigenvalue weighted by Gasteiger charge is -2.28. The maximum absolute atomic E-state index is 12.1. The van der Waals surface area contributed by atoms with Crippen LogP contribution < -0.4 is 14.8 Å². The van der Waals surface area contributed by atoms with E-state index in [4.69, 9.17) is 14.2 Å². The summed E-state index contributed by atoms with van der Waals surface area (Å²) in [7, 11) is 1.73. The van der Waals surface area contributed by atoms with Crippen molar-refractivity contribution in [1.29, 1.82) is 0 Å². The molecule has 0 spiro atoms. The average Bonchev–Trinajstić information content (AvgIpc) is 2.46. The molecule has 1 unspecified atom stereocenters. The van der Waals surface area contributed by atoms with Gasteiger partial charge in [-0.15, -0.1) is 0 Å². The van der Waals surface area contributed by atoms with Crippen LogP contribution in [0.2, 0.25) is 0 Å². The van der Waals surface area contributed by atoms with Gasteiger partial charge in [-0.05, 0) is 38.6 Å². The molecular formula is C14H19NO4. The standard InChI is InChI=1S/C14H19NO4/c1-4-17-13(16)14(2,15-3)10-5-6-11-12(9-10)19-8-7-18-11/h5-6,9,15H,4,7-8H2,1-3H3. The number of carbonyl (C=O) groups is 1. The van der Waals surface area contributed by atoms with Crippen molar-refractivity contribution in [2.24, 2.45) is 0 Å². The van der Waals surface area contributed by atoms with Crippen molar-refractivity contribution in [2.75, 3.05) is 26.9 Å². The topological polar surface area (TPSA) is 56.8 Å². The van der Waals surface area contributed by atoms with Gasteiger partial charge in [0.25, 0.3) is 0 Å². The van der Waals surface area contributed by atoms with Crippen molar-refractivity contribution in [1.82, 2.24) is 5.32 Å². The number of ether oxygens (including phenoxy) is 3. The molecule has 0 fully saturated rings. The summed E-state index contributed by atoms with van der Waals surface area (Å²) < 4.78 is 16.1. The summed E-state index contributed by atoms with van der Waals surface area (Å²) in [4.78, 5) is 12.1. The molecule has 0 saturated carbocycles. The Hall–Kier alpha value is -1.75. The number of nitrogens with one attached hydrogen (secondary N) is 1. The van der Waals surface area contributed by atoms with Gasteiger partial charge in [0.2, 0.25) is 0 Å². The highest BCUT2D eigenvalue weighted by Crippen LogP contribution is 2.34. The SMILES string of the molecule is CCOC(=O)C(C)(NC)c1ccc2c(c1)OCCO2. The van der Waals surface area contributed by atoms with Crippen LogP contribution in [0.5, 0.6) is 11.5 Å². The van der Waals surface area contributed by atoms with Crippen molar-refractivity contribution in [2.45, 2.75) is 19.4 Å². The quantitative estimate of drug-likeness (QED) is 0.835. The highest BCUT2D eigenvalue weighted by molar-refractivity contribution is 5.82. The first-order valence-electron chi connectivity index (χ1n) is 6.38. The van der Waals surface area contributed by atoms with E-state index in [1.165, 1.54) is 0 Å². The number of fused-ring (bicyclic) bond motifs is 1. The number of rotatable bonds is 4. The van der Waals surface area contributed by atoms with Crippen LogP contribution in [0.25, 0.3) is 0 Å². The van der Waals surface area contributed by atoms with Gasteiger partial charge >= 0.3 is 5.97 Å². The number of likely N-dealkylation sites (N-methyl/N-ethyl adjacent to an activating group) is 1. The Kier molecular flexibility index (Phi) is 3.95. The molecular weight excluding hydrogens is 246 g/mol. The maximum atomic E-state index is 12.1. The summed E-state index contributed by atoms with van der Waals surface area (Å²) in [5.41, 5.74) is -0.107. The molecule has 0 amide bonds. The fraction of sp³-hybridized carbons (Fsp3) is 0.500. The fourth-order valence-corrected chi connectivity index (χ4v) is 1.99. The summed E-state index contributed by atoms with van der Waals surface area (Å²) in [6.45, 7) is 4.99. The molecule has 1 N–H and O–H groups in total. The van der Waals surface area contributed by atoms with Gasteiger partial charge < -0.3 is 19.5 Å². The second-order valence-corrected chi connectivity index (χ2v) is 4.45. The molecule has 2 rings (SSSR count). The zero-order valence-corrected chi connectivity index (χ0v) is 11.5. The highest BCUT2D eigenvalue weighted by Gasteiger charge is 2.36.